The Morgan fingerprint density at radius 2 is 1.64 bits per heavy atom. The maximum absolute atomic E-state index is 4.12. The van der Waals surface area contributed by atoms with Gasteiger partial charge in [0.05, 0.1) is 0 Å². The van der Waals surface area contributed by atoms with Crippen molar-refractivity contribution >= 4 is 0 Å². The van der Waals surface area contributed by atoms with Crippen LogP contribution in [0.3, 0.4) is 0 Å². The fraction of sp³-hybridized carbons (Fsp3) is 0.783. The molecule has 1 aromatic heterocycles. The van der Waals surface area contributed by atoms with E-state index >= 15 is 0 Å². The minimum absolute atomic E-state index is 0.00894. The van der Waals surface area contributed by atoms with E-state index in [0.29, 0.717) is 0 Å². The van der Waals surface area contributed by atoms with Gasteiger partial charge < -0.3 is 0 Å². The molecule has 1 aliphatic carbocycles. The van der Waals surface area contributed by atoms with Crippen molar-refractivity contribution in [1.29, 1.82) is 0 Å². The highest BCUT2D eigenvalue weighted by molar-refractivity contribution is 5.21. The van der Waals surface area contributed by atoms with Crippen LogP contribution in [0.15, 0.2) is 24.4 Å². The molecule has 2 nitrogen and oxygen atoms in total. The number of allylic oxidation sites excluding steroid dienone is 2. The molecule has 0 aromatic carbocycles. The number of hydrogen-bond acceptors (Lipinski definition) is 1. The summed E-state index contributed by atoms with van der Waals surface area (Å²) in [5.41, 5.74) is 1.46. The van der Waals surface area contributed by atoms with E-state index in [1.165, 1.54) is 50.6 Å². The lowest BCUT2D eigenvalue weighted by molar-refractivity contribution is 0.237. The van der Waals surface area contributed by atoms with Gasteiger partial charge in [-0.1, -0.05) is 85.8 Å². The molecule has 2 atom stereocenters. The van der Waals surface area contributed by atoms with Gasteiger partial charge in [0.25, 0.3) is 0 Å². The lowest BCUT2D eigenvalue weighted by Gasteiger charge is -2.33. The van der Waals surface area contributed by atoms with Gasteiger partial charge in [-0.2, -0.15) is 5.10 Å². The van der Waals surface area contributed by atoms with E-state index in [9.17, 15) is 0 Å². The molecule has 1 heterocycles. The fourth-order valence-corrected chi connectivity index (χ4v) is 4.39. The molecule has 2 rings (SSSR count). The Balaban J connectivity index is 2.03. The molecule has 0 bridgehead atoms. The van der Waals surface area contributed by atoms with Crippen molar-refractivity contribution in [3.05, 3.63) is 30.1 Å². The first-order valence-corrected chi connectivity index (χ1v) is 10.4. The SMILES string of the molecule is CC(C)C1CCCCC(C(C)(C)C=CC(C)(C)c2ccn[nH]2)CCC1. The second-order valence-electron chi connectivity index (χ2n) is 9.76. The Labute approximate surface area is 155 Å². The molecule has 1 aromatic rings. The standard InChI is InChI=1S/C23H40N2/c1-18(2)19-10-7-8-12-20(13-9-11-19)22(3,4)15-16-23(5,6)21-14-17-24-25-21/h14-20H,7-13H2,1-6H3,(H,24,25). The van der Waals surface area contributed by atoms with E-state index in [0.717, 1.165) is 17.8 Å². The van der Waals surface area contributed by atoms with E-state index in [4.69, 9.17) is 0 Å². The molecule has 25 heavy (non-hydrogen) atoms. The Morgan fingerprint density at radius 1 is 1.00 bits per heavy atom. The number of nitrogens with one attached hydrogen (secondary N) is 1. The maximum atomic E-state index is 4.12. The molecule has 1 N–H and O–H groups in total. The third-order valence-corrected chi connectivity index (χ3v) is 6.62. The van der Waals surface area contributed by atoms with Crippen molar-refractivity contribution in [2.24, 2.45) is 23.2 Å². The molecule has 142 valence electrons. The van der Waals surface area contributed by atoms with Gasteiger partial charge in [-0.3, -0.25) is 5.10 Å². The first kappa shape index (κ1) is 20.3. The molecule has 1 aliphatic rings. The third-order valence-electron chi connectivity index (χ3n) is 6.62. The number of hydrogen-bond donors (Lipinski definition) is 1. The van der Waals surface area contributed by atoms with Gasteiger partial charge in [0, 0.05) is 17.3 Å². The summed E-state index contributed by atoms with van der Waals surface area (Å²) < 4.78 is 0. The molecular formula is C23H40N2. The van der Waals surface area contributed by atoms with E-state index in [-0.39, 0.29) is 10.8 Å². The van der Waals surface area contributed by atoms with Crippen LogP contribution in [0.2, 0.25) is 0 Å². The second kappa shape index (κ2) is 8.56. The van der Waals surface area contributed by atoms with Crippen molar-refractivity contribution in [1.82, 2.24) is 10.2 Å². The van der Waals surface area contributed by atoms with Crippen LogP contribution in [0.4, 0.5) is 0 Å². The first-order valence-electron chi connectivity index (χ1n) is 10.4. The topological polar surface area (TPSA) is 28.7 Å². The molecule has 1 saturated carbocycles. The molecule has 0 radical (unpaired) electrons. The zero-order valence-electron chi connectivity index (χ0n) is 17.4. The van der Waals surface area contributed by atoms with Gasteiger partial charge in [0.15, 0.2) is 0 Å². The van der Waals surface area contributed by atoms with Crippen LogP contribution in [0.5, 0.6) is 0 Å². The van der Waals surface area contributed by atoms with E-state index in [1.54, 1.807) is 0 Å². The summed E-state index contributed by atoms with van der Waals surface area (Å²) in [6, 6.07) is 2.09. The summed E-state index contributed by atoms with van der Waals surface area (Å²) >= 11 is 0. The molecule has 2 unspecified atom stereocenters. The van der Waals surface area contributed by atoms with Crippen molar-refractivity contribution < 1.29 is 0 Å². The van der Waals surface area contributed by atoms with E-state index in [1.807, 2.05) is 6.20 Å². The highest BCUT2D eigenvalue weighted by Gasteiger charge is 2.29. The average molecular weight is 345 g/mol. The smallest absolute Gasteiger partial charge is 0.0490 e. The quantitative estimate of drug-likeness (QED) is 0.578. The van der Waals surface area contributed by atoms with Crippen molar-refractivity contribution in [2.45, 2.75) is 91.9 Å². The molecule has 0 spiro atoms. The normalized spacial score (nSPS) is 24.3. The zero-order valence-corrected chi connectivity index (χ0v) is 17.4. The van der Waals surface area contributed by atoms with Crippen LogP contribution >= 0.6 is 0 Å². The summed E-state index contributed by atoms with van der Waals surface area (Å²) in [5, 5.41) is 7.25. The largest absolute Gasteiger partial charge is 0.282 e. The Kier molecular flexibility index (Phi) is 6.93. The number of aromatic amines is 1. The summed E-state index contributed by atoms with van der Waals surface area (Å²) in [4.78, 5) is 0. The van der Waals surface area contributed by atoms with Gasteiger partial charge in [-0.15, -0.1) is 0 Å². The van der Waals surface area contributed by atoms with Gasteiger partial charge in [0.2, 0.25) is 0 Å². The number of H-pyrrole nitrogens is 1. The minimum Gasteiger partial charge on any atom is -0.282 e. The van der Waals surface area contributed by atoms with Crippen LogP contribution in [-0.2, 0) is 5.41 Å². The molecule has 0 saturated heterocycles. The monoisotopic (exact) mass is 344 g/mol. The van der Waals surface area contributed by atoms with Crippen molar-refractivity contribution in [3.8, 4) is 0 Å². The second-order valence-corrected chi connectivity index (χ2v) is 9.76. The van der Waals surface area contributed by atoms with Crippen molar-refractivity contribution in [3.63, 3.8) is 0 Å². The lowest BCUT2D eigenvalue weighted by atomic mass is 9.72. The minimum atomic E-state index is 0.00894. The highest BCUT2D eigenvalue weighted by Crippen LogP contribution is 2.40. The van der Waals surface area contributed by atoms with Crippen molar-refractivity contribution in [2.75, 3.05) is 0 Å². The Bertz CT molecular complexity index is 522. The van der Waals surface area contributed by atoms with E-state index in [2.05, 4.69) is 70.0 Å². The van der Waals surface area contributed by atoms with Crippen LogP contribution in [0.1, 0.15) is 92.2 Å². The predicted octanol–water partition coefficient (Wildman–Crippen LogP) is 6.90. The fourth-order valence-electron chi connectivity index (χ4n) is 4.39. The first-order chi connectivity index (χ1) is 11.7. The Hall–Kier alpha value is -1.05. The molecule has 1 fully saturated rings. The molecular weight excluding hydrogens is 304 g/mol. The van der Waals surface area contributed by atoms with Crippen LogP contribution < -0.4 is 0 Å². The van der Waals surface area contributed by atoms with Crippen LogP contribution in [0.25, 0.3) is 0 Å². The third kappa shape index (κ3) is 5.72. The van der Waals surface area contributed by atoms with Gasteiger partial charge in [-0.25, -0.2) is 0 Å². The number of aromatic nitrogens is 2. The summed E-state index contributed by atoms with van der Waals surface area (Å²) in [6.45, 7) is 14.2. The van der Waals surface area contributed by atoms with Crippen LogP contribution in [-0.4, -0.2) is 10.2 Å². The lowest BCUT2D eigenvalue weighted by Crippen LogP contribution is -2.24. The highest BCUT2D eigenvalue weighted by atomic mass is 15.1. The average Bonchev–Trinajstić information content (AvgIpc) is 3.10. The number of nitrogens with zero attached hydrogens (tertiary/aromatic N) is 1. The molecule has 0 aliphatic heterocycles. The molecule has 0 amide bonds. The molecule has 2 heteroatoms. The van der Waals surface area contributed by atoms with Gasteiger partial charge in [-0.05, 0) is 42.1 Å². The summed E-state index contributed by atoms with van der Waals surface area (Å²) in [5.74, 6) is 2.59. The zero-order chi connectivity index (χ0) is 18.5. The summed E-state index contributed by atoms with van der Waals surface area (Å²) in [6.07, 6.45) is 16.6. The predicted molar refractivity (Wildman–Crippen MR) is 109 cm³/mol. The Morgan fingerprint density at radius 3 is 2.28 bits per heavy atom. The maximum Gasteiger partial charge on any atom is 0.0490 e. The van der Waals surface area contributed by atoms with Crippen LogP contribution in [0, 0.1) is 23.2 Å². The van der Waals surface area contributed by atoms with E-state index < -0.39 is 0 Å². The van der Waals surface area contributed by atoms with Gasteiger partial charge in [0.1, 0.15) is 0 Å². The van der Waals surface area contributed by atoms with Gasteiger partial charge >= 0.3 is 0 Å². The number of rotatable bonds is 5. The summed E-state index contributed by atoms with van der Waals surface area (Å²) in [7, 11) is 0.